The first-order valence-corrected chi connectivity index (χ1v) is 5.05. The lowest BCUT2D eigenvalue weighted by Crippen LogP contribution is -2.37. The highest BCUT2D eigenvalue weighted by Gasteiger charge is 2.33. The van der Waals surface area contributed by atoms with E-state index in [1.54, 1.807) is 6.92 Å². The smallest absolute Gasteiger partial charge is 0.331 e. The Morgan fingerprint density at radius 2 is 2.18 bits per heavy atom. The van der Waals surface area contributed by atoms with Gasteiger partial charge in [0.1, 0.15) is 0 Å². The van der Waals surface area contributed by atoms with Crippen LogP contribution in [0, 0.1) is 0 Å². The number of carbonyl (C=O) groups excluding carboxylic acids is 1. The number of rotatable bonds is 1. The Labute approximate surface area is 65.4 Å². The van der Waals surface area contributed by atoms with Crippen molar-refractivity contribution in [1.82, 2.24) is 9.62 Å². The number of carbonyl (C=O) groups is 1. The van der Waals surface area contributed by atoms with Gasteiger partial charge >= 0.3 is 6.03 Å². The molecule has 1 aliphatic rings. The first-order valence-electron chi connectivity index (χ1n) is 3.20. The van der Waals surface area contributed by atoms with Crippen LogP contribution in [0.1, 0.15) is 6.92 Å². The molecule has 0 spiro atoms. The molecule has 5 nitrogen and oxygen atoms in total. The largest absolute Gasteiger partial charge is 0.335 e. The summed E-state index contributed by atoms with van der Waals surface area (Å²) >= 11 is 0. The number of hydrogen-bond acceptors (Lipinski definition) is 3. The van der Waals surface area contributed by atoms with Crippen molar-refractivity contribution in [1.29, 1.82) is 0 Å². The highest BCUT2D eigenvalue weighted by molar-refractivity contribution is 7.88. The van der Waals surface area contributed by atoms with Gasteiger partial charge in [-0.05, 0) is 6.92 Å². The SMILES string of the molecule is CC1CNC(=O)N1S(C)(=O)=O. The Morgan fingerprint density at radius 3 is 2.36 bits per heavy atom. The minimum atomic E-state index is -3.38. The predicted molar refractivity (Wildman–Crippen MR) is 39.5 cm³/mol. The average Bonchev–Trinajstić information content (AvgIpc) is 2.08. The molecule has 64 valence electrons. The van der Waals surface area contributed by atoms with Gasteiger partial charge < -0.3 is 5.32 Å². The molecule has 6 heteroatoms. The summed E-state index contributed by atoms with van der Waals surface area (Å²) in [6, 6.07) is -0.794. The van der Waals surface area contributed by atoms with Crippen molar-refractivity contribution in [2.75, 3.05) is 12.8 Å². The van der Waals surface area contributed by atoms with Crippen LogP contribution in [0.5, 0.6) is 0 Å². The van der Waals surface area contributed by atoms with Crippen LogP contribution < -0.4 is 5.32 Å². The minimum absolute atomic E-state index is 0.266. The molecule has 1 rings (SSSR count). The highest BCUT2D eigenvalue weighted by Crippen LogP contribution is 2.10. The van der Waals surface area contributed by atoms with Gasteiger partial charge in [0.25, 0.3) is 0 Å². The van der Waals surface area contributed by atoms with E-state index in [0.717, 1.165) is 10.6 Å². The molecule has 1 saturated heterocycles. The molecular weight excluding hydrogens is 168 g/mol. The Balaban J connectivity index is 2.95. The molecule has 1 heterocycles. The van der Waals surface area contributed by atoms with Crippen molar-refractivity contribution in [3.63, 3.8) is 0 Å². The second-order valence-electron chi connectivity index (χ2n) is 2.59. The number of nitrogens with one attached hydrogen (secondary N) is 1. The standard InChI is InChI=1S/C5H10N2O3S/c1-4-3-6-5(8)7(4)11(2,9)10/h4H,3H2,1-2H3,(H,6,8). The van der Waals surface area contributed by atoms with Crippen LogP contribution in [0.3, 0.4) is 0 Å². The van der Waals surface area contributed by atoms with E-state index in [0.29, 0.717) is 6.54 Å². The van der Waals surface area contributed by atoms with Crippen LogP contribution in [-0.2, 0) is 10.0 Å². The number of hydrogen-bond donors (Lipinski definition) is 1. The fraction of sp³-hybridized carbons (Fsp3) is 0.800. The zero-order chi connectivity index (χ0) is 8.65. The third-order valence-electron chi connectivity index (χ3n) is 1.51. The Bertz CT molecular complexity index is 271. The van der Waals surface area contributed by atoms with E-state index in [-0.39, 0.29) is 6.04 Å². The van der Waals surface area contributed by atoms with Crippen molar-refractivity contribution in [2.24, 2.45) is 0 Å². The number of amides is 2. The Kier molecular flexibility index (Phi) is 1.79. The zero-order valence-electron chi connectivity index (χ0n) is 6.36. The summed E-state index contributed by atoms with van der Waals surface area (Å²) < 4.78 is 22.7. The summed E-state index contributed by atoms with van der Waals surface area (Å²) in [6.07, 6.45) is 1.02. The summed E-state index contributed by atoms with van der Waals surface area (Å²) in [5.74, 6) is 0. The van der Waals surface area contributed by atoms with Crippen molar-refractivity contribution in [2.45, 2.75) is 13.0 Å². The monoisotopic (exact) mass is 178 g/mol. The molecule has 0 aromatic heterocycles. The molecular formula is C5H10N2O3S. The third-order valence-corrected chi connectivity index (χ3v) is 2.75. The number of nitrogens with zero attached hydrogens (tertiary/aromatic N) is 1. The van der Waals surface area contributed by atoms with Gasteiger partial charge in [0.05, 0.1) is 12.3 Å². The predicted octanol–water partition coefficient (Wildman–Crippen LogP) is -0.640. The maximum Gasteiger partial charge on any atom is 0.331 e. The van der Waals surface area contributed by atoms with Crippen LogP contribution in [0.15, 0.2) is 0 Å². The molecule has 0 aromatic rings. The molecule has 0 saturated carbocycles. The highest BCUT2D eigenvalue weighted by atomic mass is 32.2. The first-order chi connectivity index (χ1) is 4.93. The summed E-state index contributed by atoms with van der Waals surface area (Å²) in [6.45, 7) is 2.07. The van der Waals surface area contributed by atoms with E-state index in [4.69, 9.17) is 0 Å². The summed E-state index contributed by atoms with van der Waals surface area (Å²) in [5, 5.41) is 2.43. The van der Waals surface area contributed by atoms with Gasteiger partial charge in [-0.25, -0.2) is 17.5 Å². The van der Waals surface area contributed by atoms with Crippen LogP contribution in [0.25, 0.3) is 0 Å². The molecule has 0 bridgehead atoms. The van der Waals surface area contributed by atoms with Crippen LogP contribution in [0.4, 0.5) is 4.79 Å². The van der Waals surface area contributed by atoms with Crippen molar-refractivity contribution in [3.8, 4) is 0 Å². The van der Waals surface area contributed by atoms with E-state index >= 15 is 0 Å². The maximum absolute atomic E-state index is 10.9. The van der Waals surface area contributed by atoms with Gasteiger partial charge in [-0.3, -0.25) is 0 Å². The fourth-order valence-corrected chi connectivity index (χ4v) is 2.17. The molecule has 1 fully saturated rings. The summed E-state index contributed by atoms with van der Waals surface area (Å²) in [5.41, 5.74) is 0. The van der Waals surface area contributed by atoms with E-state index in [1.165, 1.54) is 0 Å². The topological polar surface area (TPSA) is 66.5 Å². The van der Waals surface area contributed by atoms with Gasteiger partial charge in [0, 0.05) is 6.54 Å². The first kappa shape index (κ1) is 8.32. The van der Waals surface area contributed by atoms with E-state index in [9.17, 15) is 13.2 Å². The quantitative estimate of drug-likeness (QED) is 0.580. The van der Waals surface area contributed by atoms with Crippen LogP contribution >= 0.6 is 0 Å². The Morgan fingerprint density at radius 1 is 1.64 bits per heavy atom. The summed E-state index contributed by atoms with van der Waals surface area (Å²) in [4.78, 5) is 10.9. The van der Waals surface area contributed by atoms with Gasteiger partial charge in [0.15, 0.2) is 0 Å². The summed E-state index contributed by atoms with van der Waals surface area (Å²) in [7, 11) is -3.38. The van der Waals surface area contributed by atoms with Crippen LogP contribution in [0.2, 0.25) is 0 Å². The third kappa shape index (κ3) is 1.45. The van der Waals surface area contributed by atoms with Crippen molar-refractivity contribution < 1.29 is 13.2 Å². The average molecular weight is 178 g/mol. The number of urea groups is 1. The van der Waals surface area contributed by atoms with Crippen molar-refractivity contribution >= 4 is 16.1 Å². The van der Waals surface area contributed by atoms with E-state index in [1.807, 2.05) is 0 Å². The molecule has 1 N–H and O–H groups in total. The molecule has 0 aromatic carbocycles. The second-order valence-corrected chi connectivity index (χ2v) is 4.45. The minimum Gasteiger partial charge on any atom is -0.335 e. The lowest BCUT2D eigenvalue weighted by atomic mass is 10.4. The van der Waals surface area contributed by atoms with Crippen LogP contribution in [-0.4, -0.2) is 37.6 Å². The van der Waals surface area contributed by atoms with Gasteiger partial charge in [-0.1, -0.05) is 0 Å². The van der Waals surface area contributed by atoms with Gasteiger partial charge in [-0.2, -0.15) is 0 Å². The molecule has 1 unspecified atom stereocenters. The molecule has 0 radical (unpaired) electrons. The lowest BCUT2D eigenvalue weighted by molar-refractivity contribution is 0.232. The normalized spacial score (nSPS) is 25.5. The van der Waals surface area contributed by atoms with Gasteiger partial charge in [-0.15, -0.1) is 0 Å². The fourth-order valence-electron chi connectivity index (χ4n) is 1.07. The Hall–Kier alpha value is -0.780. The van der Waals surface area contributed by atoms with E-state index in [2.05, 4.69) is 5.32 Å². The molecule has 2 amide bonds. The lowest BCUT2D eigenvalue weighted by Gasteiger charge is -2.15. The molecule has 0 aliphatic carbocycles. The molecule has 1 atom stereocenters. The van der Waals surface area contributed by atoms with E-state index < -0.39 is 16.1 Å². The van der Waals surface area contributed by atoms with Crippen molar-refractivity contribution in [3.05, 3.63) is 0 Å². The maximum atomic E-state index is 10.9. The molecule has 11 heavy (non-hydrogen) atoms. The van der Waals surface area contributed by atoms with Gasteiger partial charge in [0.2, 0.25) is 10.0 Å². The number of sulfonamides is 1. The second kappa shape index (κ2) is 2.37. The zero-order valence-corrected chi connectivity index (χ0v) is 7.18. The molecule has 1 aliphatic heterocycles.